The summed E-state index contributed by atoms with van der Waals surface area (Å²) in [5, 5.41) is 0. The molecule has 0 aliphatic carbocycles. The van der Waals surface area contributed by atoms with Gasteiger partial charge in [0.25, 0.3) is 0 Å². The maximum Gasteiger partial charge on any atom is 0.416 e. The number of hydrogen-bond acceptors (Lipinski definition) is 3. The highest BCUT2D eigenvalue weighted by Crippen LogP contribution is 2.29. The minimum Gasteiger partial charge on any atom is -0.465 e. The van der Waals surface area contributed by atoms with E-state index in [-0.39, 0.29) is 6.42 Å². The molecule has 21 heavy (non-hydrogen) atoms. The topological polar surface area (TPSA) is 39.2 Å². The zero-order chi connectivity index (χ0) is 15.5. The van der Waals surface area contributed by atoms with Crippen molar-refractivity contribution in [2.75, 3.05) is 7.11 Å². The van der Waals surface area contributed by atoms with Crippen molar-refractivity contribution in [2.24, 2.45) is 0 Å². The van der Waals surface area contributed by atoms with Gasteiger partial charge in [-0.25, -0.2) is 4.79 Å². The van der Waals surface area contributed by atoms with Gasteiger partial charge in [0, 0.05) is 18.3 Å². The number of benzene rings is 1. The number of rotatable bonds is 3. The van der Waals surface area contributed by atoms with Crippen LogP contribution >= 0.6 is 0 Å². The largest absolute Gasteiger partial charge is 0.465 e. The van der Waals surface area contributed by atoms with Gasteiger partial charge in [-0.05, 0) is 23.8 Å². The van der Waals surface area contributed by atoms with E-state index in [1.54, 1.807) is 6.07 Å². The standard InChI is InChI=1S/C15H12F3NO2/c1-21-14(20)11-5-6-19-13(9-11)8-10-3-2-4-12(7-10)15(16,17)18/h2-7,9H,8H2,1H3. The van der Waals surface area contributed by atoms with Gasteiger partial charge >= 0.3 is 12.1 Å². The molecule has 0 atom stereocenters. The first kappa shape index (κ1) is 15.0. The van der Waals surface area contributed by atoms with Crippen molar-refractivity contribution in [3.63, 3.8) is 0 Å². The van der Waals surface area contributed by atoms with Crippen LogP contribution in [0.25, 0.3) is 0 Å². The van der Waals surface area contributed by atoms with Crippen LogP contribution in [-0.4, -0.2) is 18.1 Å². The molecule has 6 heteroatoms. The van der Waals surface area contributed by atoms with E-state index in [4.69, 9.17) is 0 Å². The maximum absolute atomic E-state index is 12.6. The minimum atomic E-state index is -4.38. The van der Waals surface area contributed by atoms with Gasteiger partial charge in [0.05, 0.1) is 18.2 Å². The minimum absolute atomic E-state index is 0.203. The smallest absolute Gasteiger partial charge is 0.416 e. The lowest BCUT2D eigenvalue weighted by Crippen LogP contribution is -2.06. The molecule has 0 spiro atoms. The number of hydrogen-bond donors (Lipinski definition) is 0. The van der Waals surface area contributed by atoms with E-state index in [2.05, 4.69) is 9.72 Å². The van der Waals surface area contributed by atoms with Crippen LogP contribution in [0.5, 0.6) is 0 Å². The summed E-state index contributed by atoms with van der Waals surface area (Å²) in [4.78, 5) is 15.5. The monoisotopic (exact) mass is 295 g/mol. The number of carbonyl (C=O) groups excluding carboxylic acids is 1. The molecule has 1 heterocycles. The molecular formula is C15H12F3NO2. The van der Waals surface area contributed by atoms with Crippen LogP contribution in [0.15, 0.2) is 42.6 Å². The van der Waals surface area contributed by atoms with E-state index in [1.807, 2.05) is 0 Å². The Labute approximate surface area is 119 Å². The SMILES string of the molecule is COC(=O)c1ccnc(Cc2cccc(C(F)(F)F)c2)c1. The molecule has 0 fully saturated rings. The second-order valence-corrected chi connectivity index (χ2v) is 4.40. The molecule has 1 aromatic heterocycles. The highest BCUT2D eigenvalue weighted by Gasteiger charge is 2.30. The van der Waals surface area contributed by atoms with Gasteiger partial charge < -0.3 is 4.74 Å². The Balaban J connectivity index is 2.24. The van der Waals surface area contributed by atoms with Crippen LogP contribution in [-0.2, 0) is 17.3 Å². The third kappa shape index (κ3) is 3.81. The zero-order valence-corrected chi connectivity index (χ0v) is 11.1. The Morgan fingerprint density at radius 3 is 2.67 bits per heavy atom. The first-order valence-electron chi connectivity index (χ1n) is 6.09. The van der Waals surface area contributed by atoms with Crippen LogP contribution in [0.3, 0.4) is 0 Å². The first-order chi connectivity index (χ1) is 9.90. The lowest BCUT2D eigenvalue weighted by molar-refractivity contribution is -0.137. The predicted molar refractivity (Wildman–Crippen MR) is 69.8 cm³/mol. The Bertz CT molecular complexity index is 653. The number of nitrogens with zero attached hydrogens (tertiary/aromatic N) is 1. The van der Waals surface area contributed by atoms with Gasteiger partial charge in [0.1, 0.15) is 0 Å². The van der Waals surface area contributed by atoms with E-state index < -0.39 is 17.7 Å². The summed E-state index contributed by atoms with van der Waals surface area (Å²) in [6, 6.07) is 8.02. The summed E-state index contributed by atoms with van der Waals surface area (Å²) >= 11 is 0. The molecule has 0 amide bonds. The Hall–Kier alpha value is -2.37. The number of halogens is 3. The summed E-state index contributed by atoms with van der Waals surface area (Å²) in [7, 11) is 1.26. The molecule has 2 rings (SSSR count). The van der Waals surface area contributed by atoms with Gasteiger partial charge in [-0.15, -0.1) is 0 Å². The van der Waals surface area contributed by atoms with E-state index in [9.17, 15) is 18.0 Å². The predicted octanol–water partition coefficient (Wildman–Crippen LogP) is 3.48. The average Bonchev–Trinajstić information content (AvgIpc) is 2.46. The summed E-state index contributed by atoms with van der Waals surface area (Å²) < 4.78 is 42.5. The van der Waals surface area contributed by atoms with Crippen molar-refractivity contribution < 1.29 is 22.7 Å². The molecule has 110 valence electrons. The molecule has 3 nitrogen and oxygen atoms in total. The quantitative estimate of drug-likeness (QED) is 0.814. The van der Waals surface area contributed by atoms with Crippen LogP contribution < -0.4 is 0 Å². The fraction of sp³-hybridized carbons (Fsp3) is 0.200. The lowest BCUT2D eigenvalue weighted by atomic mass is 10.0. The van der Waals surface area contributed by atoms with E-state index >= 15 is 0 Å². The number of carbonyl (C=O) groups is 1. The lowest BCUT2D eigenvalue weighted by Gasteiger charge is -2.09. The summed E-state index contributed by atoms with van der Waals surface area (Å²) in [5.74, 6) is -0.511. The van der Waals surface area contributed by atoms with Crippen LogP contribution in [0.2, 0.25) is 0 Å². The number of ether oxygens (including phenoxy) is 1. The molecule has 0 unspecified atom stereocenters. The summed E-state index contributed by atoms with van der Waals surface area (Å²) in [6.07, 6.45) is -2.75. The van der Waals surface area contributed by atoms with E-state index in [0.717, 1.165) is 12.1 Å². The van der Waals surface area contributed by atoms with Crippen molar-refractivity contribution in [2.45, 2.75) is 12.6 Å². The molecule has 0 N–H and O–H groups in total. The molecule has 0 aliphatic heterocycles. The maximum atomic E-state index is 12.6. The molecule has 1 aromatic carbocycles. The molecule has 0 aliphatic rings. The molecular weight excluding hydrogens is 283 g/mol. The fourth-order valence-electron chi connectivity index (χ4n) is 1.89. The second-order valence-electron chi connectivity index (χ2n) is 4.40. The van der Waals surface area contributed by atoms with Crippen molar-refractivity contribution in [1.82, 2.24) is 4.98 Å². The number of aromatic nitrogens is 1. The molecule has 0 radical (unpaired) electrons. The Morgan fingerprint density at radius 1 is 1.24 bits per heavy atom. The van der Waals surface area contributed by atoms with Crippen LogP contribution in [0.1, 0.15) is 27.2 Å². The van der Waals surface area contributed by atoms with Crippen molar-refractivity contribution >= 4 is 5.97 Å². The third-order valence-electron chi connectivity index (χ3n) is 2.88. The molecule has 0 saturated heterocycles. The van der Waals surface area contributed by atoms with Gasteiger partial charge in [0.2, 0.25) is 0 Å². The normalized spacial score (nSPS) is 11.2. The number of esters is 1. The summed E-state index contributed by atoms with van der Waals surface area (Å²) in [5.41, 5.74) is 0.579. The van der Waals surface area contributed by atoms with Gasteiger partial charge in [-0.3, -0.25) is 4.98 Å². The third-order valence-corrected chi connectivity index (χ3v) is 2.88. The second kappa shape index (κ2) is 5.95. The Morgan fingerprint density at radius 2 is 2.00 bits per heavy atom. The number of methoxy groups -OCH3 is 1. The van der Waals surface area contributed by atoms with E-state index in [0.29, 0.717) is 16.8 Å². The van der Waals surface area contributed by atoms with Crippen molar-refractivity contribution in [3.05, 3.63) is 65.0 Å². The van der Waals surface area contributed by atoms with Crippen LogP contribution in [0.4, 0.5) is 13.2 Å². The average molecular weight is 295 g/mol. The van der Waals surface area contributed by atoms with Crippen molar-refractivity contribution in [1.29, 1.82) is 0 Å². The molecule has 0 bridgehead atoms. The zero-order valence-electron chi connectivity index (χ0n) is 11.1. The van der Waals surface area contributed by atoms with Gasteiger partial charge in [0.15, 0.2) is 0 Å². The highest BCUT2D eigenvalue weighted by molar-refractivity contribution is 5.89. The van der Waals surface area contributed by atoms with Gasteiger partial charge in [-0.1, -0.05) is 18.2 Å². The first-order valence-corrected chi connectivity index (χ1v) is 6.09. The number of pyridine rings is 1. The van der Waals surface area contributed by atoms with Crippen molar-refractivity contribution in [3.8, 4) is 0 Å². The Kier molecular flexibility index (Phi) is 4.26. The molecule has 0 saturated carbocycles. The molecule has 2 aromatic rings. The van der Waals surface area contributed by atoms with E-state index in [1.165, 1.54) is 31.5 Å². The fourth-order valence-corrected chi connectivity index (χ4v) is 1.89. The van der Waals surface area contributed by atoms with Gasteiger partial charge in [-0.2, -0.15) is 13.2 Å². The number of alkyl halides is 3. The van der Waals surface area contributed by atoms with Crippen LogP contribution in [0, 0.1) is 0 Å². The highest BCUT2D eigenvalue weighted by atomic mass is 19.4. The summed E-state index contributed by atoms with van der Waals surface area (Å²) in [6.45, 7) is 0.